The maximum Gasteiger partial charge on any atom is 0.266 e. The molecule has 1 N–H and O–H groups in total. The quantitative estimate of drug-likeness (QED) is 0.175. The molecule has 4 nitrogen and oxygen atoms in total. The van der Waals surface area contributed by atoms with Gasteiger partial charge in [-0.1, -0.05) is 63.4 Å². The van der Waals surface area contributed by atoms with Crippen LogP contribution in [0.5, 0.6) is 5.75 Å². The topological polar surface area (TPSA) is 62.1 Å². The zero-order chi connectivity index (χ0) is 22.4. The van der Waals surface area contributed by atoms with Crippen LogP contribution in [0, 0.1) is 14.9 Å². The minimum Gasteiger partial charge on any atom is -0.488 e. The highest BCUT2D eigenvalue weighted by Gasteiger charge is 2.13. The Bertz CT molecular complexity index is 1190. The maximum atomic E-state index is 12.5. The van der Waals surface area contributed by atoms with Gasteiger partial charge in [-0.25, -0.2) is 0 Å². The Hall–Kier alpha value is -2.05. The van der Waals surface area contributed by atoms with Crippen molar-refractivity contribution in [3.63, 3.8) is 0 Å². The van der Waals surface area contributed by atoms with Gasteiger partial charge in [-0.15, -0.1) is 0 Å². The van der Waals surface area contributed by atoms with E-state index < -0.39 is 5.91 Å². The van der Waals surface area contributed by atoms with E-state index in [9.17, 15) is 10.1 Å². The molecule has 0 saturated carbocycles. The summed E-state index contributed by atoms with van der Waals surface area (Å²) in [5.74, 6) is 0.145. The van der Waals surface area contributed by atoms with Gasteiger partial charge in [-0.3, -0.25) is 4.79 Å². The summed E-state index contributed by atoms with van der Waals surface area (Å²) in [6, 6.07) is 20.1. The van der Waals surface area contributed by atoms with E-state index in [-0.39, 0.29) is 10.6 Å². The molecule has 0 aromatic heterocycles. The van der Waals surface area contributed by atoms with Crippen molar-refractivity contribution in [1.82, 2.24) is 0 Å². The average molecular weight is 628 g/mol. The third-order valence-electron chi connectivity index (χ3n) is 4.14. The summed E-state index contributed by atoms with van der Waals surface area (Å²) in [6.45, 7) is 0.435. The fourth-order valence-corrected chi connectivity index (χ4v) is 3.88. The summed E-state index contributed by atoms with van der Waals surface area (Å²) < 4.78 is 7.76. The van der Waals surface area contributed by atoms with Crippen LogP contribution in [0.4, 0.5) is 5.69 Å². The summed E-state index contributed by atoms with van der Waals surface area (Å²) in [5.41, 5.74) is 2.03. The number of nitrogens with one attached hydrogen (secondary N) is 1. The van der Waals surface area contributed by atoms with Crippen molar-refractivity contribution in [2.24, 2.45) is 0 Å². The van der Waals surface area contributed by atoms with E-state index in [4.69, 9.17) is 27.9 Å². The molecule has 31 heavy (non-hydrogen) atoms. The SMILES string of the molecule is N#C/C(=C/c1ccc(OCc2ccc(Br)cc2)c(I)c1)C(=O)Nc1cccc(Cl)c1Cl. The Kier molecular flexibility index (Phi) is 8.38. The number of nitriles is 1. The fourth-order valence-electron chi connectivity index (χ4n) is 2.57. The third-order valence-corrected chi connectivity index (χ3v) is 6.33. The van der Waals surface area contributed by atoms with E-state index in [1.165, 1.54) is 6.08 Å². The lowest BCUT2D eigenvalue weighted by molar-refractivity contribution is -0.112. The number of ether oxygens (including phenoxy) is 1. The van der Waals surface area contributed by atoms with Crippen LogP contribution in [0.25, 0.3) is 6.08 Å². The second-order valence-corrected chi connectivity index (χ2v) is 9.19. The molecule has 0 unspecified atom stereocenters. The number of hydrogen-bond acceptors (Lipinski definition) is 3. The minimum atomic E-state index is -0.572. The Morgan fingerprint density at radius 3 is 2.58 bits per heavy atom. The Balaban J connectivity index is 1.72. The second kappa shape index (κ2) is 11.0. The van der Waals surface area contributed by atoms with Gasteiger partial charge in [0.2, 0.25) is 0 Å². The van der Waals surface area contributed by atoms with Gasteiger partial charge in [-0.05, 0) is 76.2 Å². The number of carbonyl (C=O) groups excluding carboxylic acids is 1. The highest BCUT2D eigenvalue weighted by atomic mass is 127. The molecule has 0 atom stereocenters. The van der Waals surface area contributed by atoms with Gasteiger partial charge < -0.3 is 10.1 Å². The highest BCUT2D eigenvalue weighted by molar-refractivity contribution is 14.1. The van der Waals surface area contributed by atoms with Crippen molar-refractivity contribution in [2.75, 3.05) is 5.32 Å². The summed E-state index contributed by atoms with van der Waals surface area (Å²) in [7, 11) is 0. The number of benzene rings is 3. The van der Waals surface area contributed by atoms with E-state index in [2.05, 4.69) is 43.8 Å². The number of rotatable bonds is 6. The highest BCUT2D eigenvalue weighted by Crippen LogP contribution is 2.30. The standard InChI is InChI=1S/C23H14BrCl2IN2O2/c24-17-7-4-14(5-8-17)13-31-21-9-6-15(11-19(21)27)10-16(12-28)23(30)29-20-3-1-2-18(25)22(20)26/h1-11H,13H2,(H,29,30)/b16-10-. The molecule has 0 bridgehead atoms. The predicted molar refractivity (Wildman–Crippen MR) is 136 cm³/mol. The molecule has 156 valence electrons. The van der Waals surface area contributed by atoms with Gasteiger partial charge in [0.25, 0.3) is 5.91 Å². The van der Waals surface area contributed by atoms with E-state index in [0.717, 1.165) is 13.6 Å². The lowest BCUT2D eigenvalue weighted by Gasteiger charge is -2.10. The predicted octanol–water partition coefficient (Wildman–Crippen LogP) is 7.49. The van der Waals surface area contributed by atoms with Crippen LogP contribution in [0.15, 0.2) is 70.7 Å². The van der Waals surface area contributed by atoms with Crippen molar-refractivity contribution < 1.29 is 9.53 Å². The van der Waals surface area contributed by atoms with Crippen LogP contribution < -0.4 is 10.1 Å². The van der Waals surface area contributed by atoms with Crippen LogP contribution in [0.2, 0.25) is 10.0 Å². The zero-order valence-electron chi connectivity index (χ0n) is 15.8. The van der Waals surface area contributed by atoms with Crippen molar-refractivity contribution in [1.29, 1.82) is 5.26 Å². The van der Waals surface area contributed by atoms with Gasteiger partial charge in [0, 0.05) is 4.47 Å². The molecular weight excluding hydrogens is 614 g/mol. The molecule has 3 aromatic rings. The lowest BCUT2D eigenvalue weighted by atomic mass is 10.1. The van der Waals surface area contributed by atoms with Gasteiger partial charge in [0.05, 0.1) is 19.3 Å². The largest absolute Gasteiger partial charge is 0.488 e. The number of halogens is 4. The van der Waals surface area contributed by atoms with Gasteiger partial charge in [0.15, 0.2) is 0 Å². The Labute approximate surface area is 212 Å². The first-order valence-electron chi connectivity index (χ1n) is 8.91. The molecule has 0 heterocycles. The number of nitrogens with zero attached hydrogens (tertiary/aromatic N) is 1. The van der Waals surface area contributed by atoms with E-state index in [0.29, 0.717) is 28.6 Å². The Morgan fingerprint density at radius 1 is 1.16 bits per heavy atom. The second-order valence-electron chi connectivity index (χ2n) is 6.33. The van der Waals surface area contributed by atoms with Crippen LogP contribution in [-0.4, -0.2) is 5.91 Å². The van der Waals surface area contributed by atoms with Crippen molar-refractivity contribution in [3.05, 3.63) is 95.5 Å². The summed E-state index contributed by atoms with van der Waals surface area (Å²) in [4.78, 5) is 12.5. The normalized spacial score (nSPS) is 11.0. The van der Waals surface area contributed by atoms with Gasteiger partial charge in [0.1, 0.15) is 24.0 Å². The van der Waals surface area contributed by atoms with E-state index in [1.807, 2.05) is 42.5 Å². The van der Waals surface area contributed by atoms with Crippen LogP contribution in [-0.2, 0) is 11.4 Å². The van der Waals surface area contributed by atoms with Gasteiger partial charge in [-0.2, -0.15) is 5.26 Å². The van der Waals surface area contributed by atoms with Crippen LogP contribution in [0.3, 0.4) is 0 Å². The minimum absolute atomic E-state index is 0.0598. The fraction of sp³-hybridized carbons (Fsp3) is 0.0435. The Morgan fingerprint density at radius 2 is 1.90 bits per heavy atom. The molecule has 0 aliphatic rings. The number of anilines is 1. The van der Waals surface area contributed by atoms with Crippen molar-refractivity contribution in [2.45, 2.75) is 6.61 Å². The number of amides is 1. The van der Waals surface area contributed by atoms with E-state index in [1.54, 1.807) is 24.3 Å². The van der Waals surface area contributed by atoms with Crippen LogP contribution in [0.1, 0.15) is 11.1 Å². The average Bonchev–Trinajstić information content (AvgIpc) is 2.75. The van der Waals surface area contributed by atoms with Crippen molar-refractivity contribution >= 4 is 79.4 Å². The molecule has 0 aliphatic carbocycles. The first-order chi connectivity index (χ1) is 14.9. The van der Waals surface area contributed by atoms with E-state index >= 15 is 0 Å². The lowest BCUT2D eigenvalue weighted by Crippen LogP contribution is -2.13. The first kappa shape index (κ1) is 23.6. The summed E-state index contributed by atoms with van der Waals surface area (Å²) in [6.07, 6.45) is 1.51. The smallest absolute Gasteiger partial charge is 0.266 e. The monoisotopic (exact) mass is 626 g/mol. The zero-order valence-corrected chi connectivity index (χ0v) is 21.1. The molecule has 0 saturated heterocycles. The molecule has 8 heteroatoms. The van der Waals surface area contributed by atoms with Crippen molar-refractivity contribution in [3.8, 4) is 11.8 Å². The number of hydrogen-bond donors (Lipinski definition) is 1. The third kappa shape index (κ3) is 6.47. The molecule has 0 spiro atoms. The maximum absolute atomic E-state index is 12.5. The van der Waals surface area contributed by atoms with Gasteiger partial charge >= 0.3 is 0 Å². The molecule has 3 rings (SSSR count). The molecule has 0 fully saturated rings. The molecule has 1 amide bonds. The first-order valence-corrected chi connectivity index (χ1v) is 11.5. The summed E-state index contributed by atoms with van der Waals surface area (Å²) in [5, 5.41) is 12.6. The molecule has 0 radical (unpaired) electrons. The van der Waals surface area contributed by atoms with Crippen LogP contribution >= 0.6 is 61.7 Å². The summed E-state index contributed by atoms with van der Waals surface area (Å²) >= 11 is 17.6. The molecular formula is C23H14BrCl2IN2O2. The molecule has 0 aliphatic heterocycles. The number of carbonyl (C=O) groups is 1. The molecule has 3 aromatic carbocycles.